The van der Waals surface area contributed by atoms with Crippen molar-refractivity contribution in [1.82, 2.24) is 4.90 Å². The number of nitrogens with zero attached hydrogens (tertiary/aromatic N) is 2. The molecule has 0 saturated heterocycles. The molecule has 6 heteroatoms. The van der Waals surface area contributed by atoms with E-state index in [9.17, 15) is 9.59 Å². The molecule has 0 fully saturated rings. The molecular formula is C20H28N2O4. The lowest BCUT2D eigenvalue weighted by atomic mass is 10.1. The van der Waals surface area contributed by atoms with Crippen molar-refractivity contribution in [3.63, 3.8) is 0 Å². The van der Waals surface area contributed by atoms with Gasteiger partial charge in [0, 0.05) is 13.1 Å². The summed E-state index contributed by atoms with van der Waals surface area (Å²) in [6.07, 6.45) is -0.848. The van der Waals surface area contributed by atoms with Gasteiger partial charge in [0.15, 0.2) is 12.7 Å². The number of nitriles is 1. The van der Waals surface area contributed by atoms with E-state index in [1.54, 1.807) is 36.1 Å². The van der Waals surface area contributed by atoms with Crippen LogP contribution in [0.5, 0.6) is 5.75 Å². The summed E-state index contributed by atoms with van der Waals surface area (Å²) < 4.78 is 10.6. The van der Waals surface area contributed by atoms with E-state index in [1.165, 1.54) is 0 Å². The van der Waals surface area contributed by atoms with Crippen molar-refractivity contribution >= 4 is 11.9 Å². The Balaban J connectivity index is 2.54. The lowest BCUT2D eigenvalue weighted by molar-refractivity contribution is -0.157. The van der Waals surface area contributed by atoms with Crippen molar-refractivity contribution in [2.24, 2.45) is 11.8 Å². The molecule has 0 aliphatic heterocycles. The average Bonchev–Trinajstić information content (AvgIpc) is 2.58. The predicted octanol–water partition coefficient (Wildman–Crippen LogP) is 3.01. The predicted molar refractivity (Wildman–Crippen MR) is 98.5 cm³/mol. The Labute approximate surface area is 155 Å². The Kier molecular flexibility index (Phi) is 8.63. The number of amides is 1. The lowest BCUT2D eigenvalue weighted by Crippen LogP contribution is -2.40. The zero-order valence-corrected chi connectivity index (χ0v) is 16.2. The maximum Gasteiger partial charge on any atom is 0.347 e. The molecule has 26 heavy (non-hydrogen) atoms. The number of rotatable bonds is 9. The molecule has 1 atom stereocenters. The SMILES string of the molecule is CC(C)CN(CC(C)C)C(=O)COC(=O)[C@@H](C)Oc1ccc(C#N)cc1. The Morgan fingerprint density at radius 3 is 2.04 bits per heavy atom. The molecular weight excluding hydrogens is 332 g/mol. The number of ether oxygens (including phenoxy) is 2. The second kappa shape index (κ2) is 10.4. The fourth-order valence-electron chi connectivity index (χ4n) is 2.36. The van der Waals surface area contributed by atoms with Crippen LogP contribution >= 0.6 is 0 Å². The van der Waals surface area contributed by atoms with E-state index in [0.717, 1.165) is 0 Å². The first-order valence-electron chi connectivity index (χ1n) is 8.84. The third kappa shape index (κ3) is 7.56. The zero-order valence-electron chi connectivity index (χ0n) is 16.2. The monoisotopic (exact) mass is 360 g/mol. The molecule has 0 heterocycles. The summed E-state index contributed by atoms with van der Waals surface area (Å²) >= 11 is 0. The van der Waals surface area contributed by atoms with E-state index in [1.807, 2.05) is 33.8 Å². The van der Waals surface area contributed by atoms with E-state index in [0.29, 0.717) is 36.2 Å². The molecule has 142 valence electrons. The van der Waals surface area contributed by atoms with Crippen molar-refractivity contribution in [3.8, 4) is 11.8 Å². The minimum atomic E-state index is -0.848. The van der Waals surface area contributed by atoms with Gasteiger partial charge in [0.25, 0.3) is 5.91 Å². The molecule has 0 bridgehead atoms. The second-order valence-electron chi connectivity index (χ2n) is 7.09. The molecule has 0 unspecified atom stereocenters. The van der Waals surface area contributed by atoms with Crippen LogP contribution in [0.2, 0.25) is 0 Å². The highest BCUT2D eigenvalue weighted by Crippen LogP contribution is 2.14. The van der Waals surface area contributed by atoms with Crippen LogP contribution in [-0.2, 0) is 14.3 Å². The first-order valence-corrected chi connectivity index (χ1v) is 8.84. The largest absolute Gasteiger partial charge is 0.479 e. The fraction of sp³-hybridized carbons (Fsp3) is 0.550. The topological polar surface area (TPSA) is 79.6 Å². The highest BCUT2D eigenvalue weighted by molar-refractivity contribution is 5.82. The minimum absolute atomic E-state index is 0.202. The van der Waals surface area contributed by atoms with Gasteiger partial charge >= 0.3 is 5.97 Å². The van der Waals surface area contributed by atoms with E-state index < -0.39 is 12.1 Å². The summed E-state index contributed by atoms with van der Waals surface area (Å²) in [7, 11) is 0. The number of carbonyl (C=O) groups is 2. The summed E-state index contributed by atoms with van der Waals surface area (Å²) in [5, 5.41) is 8.77. The highest BCUT2D eigenvalue weighted by atomic mass is 16.6. The smallest absolute Gasteiger partial charge is 0.347 e. The summed E-state index contributed by atoms with van der Waals surface area (Å²) in [6, 6.07) is 8.44. The van der Waals surface area contributed by atoms with Crippen molar-refractivity contribution in [2.45, 2.75) is 40.7 Å². The third-order valence-corrected chi connectivity index (χ3v) is 3.49. The van der Waals surface area contributed by atoms with Gasteiger partial charge in [0.2, 0.25) is 0 Å². The third-order valence-electron chi connectivity index (χ3n) is 3.49. The maximum absolute atomic E-state index is 12.3. The molecule has 0 radical (unpaired) electrons. The molecule has 1 rings (SSSR count). The molecule has 6 nitrogen and oxygen atoms in total. The number of hydrogen-bond donors (Lipinski definition) is 0. The average molecular weight is 360 g/mol. The quantitative estimate of drug-likeness (QED) is 0.633. The Bertz CT molecular complexity index is 622. The van der Waals surface area contributed by atoms with E-state index in [-0.39, 0.29) is 12.5 Å². The van der Waals surface area contributed by atoms with Crippen molar-refractivity contribution < 1.29 is 19.1 Å². The van der Waals surface area contributed by atoms with Crippen LogP contribution in [0.3, 0.4) is 0 Å². The maximum atomic E-state index is 12.3. The molecule has 1 aromatic carbocycles. The number of benzene rings is 1. The Hall–Kier alpha value is -2.55. The van der Waals surface area contributed by atoms with Gasteiger partial charge in [0.1, 0.15) is 5.75 Å². The van der Waals surface area contributed by atoms with Crippen LogP contribution in [-0.4, -0.2) is 42.6 Å². The first-order chi connectivity index (χ1) is 12.2. The summed E-state index contributed by atoms with van der Waals surface area (Å²) in [4.78, 5) is 26.1. The van der Waals surface area contributed by atoms with Gasteiger partial charge in [-0.1, -0.05) is 27.7 Å². The van der Waals surface area contributed by atoms with E-state index in [2.05, 4.69) is 0 Å². The molecule has 1 amide bonds. The number of esters is 1. The van der Waals surface area contributed by atoms with E-state index in [4.69, 9.17) is 14.7 Å². The van der Waals surface area contributed by atoms with Crippen LogP contribution in [0.25, 0.3) is 0 Å². The van der Waals surface area contributed by atoms with Crippen molar-refractivity contribution in [3.05, 3.63) is 29.8 Å². The van der Waals surface area contributed by atoms with Gasteiger partial charge in [-0.2, -0.15) is 5.26 Å². The molecule has 0 N–H and O–H groups in total. The van der Waals surface area contributed by atoms with E-state index >= 15 is 0 Å². The van der Waals surface area contributed by atoms with Gasteiger partial charge in [-0.3, -0.25) is 4.79 Å². The van der Waals surface area contributed by atoms with Gasteiger partial charge < -0.3 is 14.4 Å². The van der Waals surface area contributed by atoms with Crippen molar-refractivity contribution in [2.75, 3.05) is 19.7 Å². The van der Waals surface area contributed by atoms with Crippen LogP contribution in [0, 0.1) is 23.2 Å². The Morgan fingerprint density at radius 1 is 1.04 bits per heavy atom. The van der Waals surface area contributed by atoms with Crippen LogP contribution < -0.4 is 4.74 Å². The normalized spacial score (nSPS) is 11.8. The molecule has 0 aliphatic rings. The summed E-state index contributed by atoms with van der Waals surface area (Å²) in [5.74, 6) is 0.336. The van der Waals surface area contributed by atoms with Crippen LogP contribution in [0.4, 0.5) is 0 Å². The minimum Gasteiger partial charge on any atom is -0.479 e. The second-order valence-corrected chi connectivity index (χ2v) is 7.09. The Morgan fingerprint density at radius 2 is 1.58 bits per heavy atom. The molecule has 0 saturated carbocycles. The van der Waals surface area contributed by atoms with Crippen LogP contribution in [0.1, 0.15) is 40.2 Å². The van der Waals surface area contributed by atoms with Gasteiger partial charge in [-0.15, -0.1) is 0 Å². The molecule has 0 aliphatic carbocycles. The summed E-state index contributed by atoms with van der Waals surface area (Å²) in [6.45, 7) is 10.7. The molecule has 0 spiro atoms. The number of carbonyl (C=O) groups excluding carboxylic acids is 2. The van der Waals surface area contributed by atoms with Crippen molar-refractivity contribution in [1.29, 1.82) is 5.26 Å². The molecule has 1 aromatic rings. The summed E-state index contributed by atoms with van der Waals surface area (Å²) in [5.41, 5.74) is 0.508. The standard InChI is InChI=1S/C20H28N2O4/c1-14(2)11-22(12-15(3)4)19(23)13-25-20(24)16(5)26-18-8-6-17(10-21)7-9-18/h6-9,14-16H,11-13H2,1-5H3/t16-/m1/s1. The first kappa shape index (κ1) is 21.5. The number of hydrogen-bond acceptors (Lipinski definition) is 5. The van der Waals surface area contributed by atoms with Gasteiger partial charge in [-0.25, -0.2) is 4.79 Å². The van der Waals surface area contributed by atoms with Crippen LogP contribution in [0.15, 0.2) is 24.3 Å². The van der Waals surface area contributed by atoms with Gasteiger partial charge in [0.05, 0.1) is 11.6 Å². The molecule has 0 aromatic heterocycles. The lowest BCUT2D eigenvalue weighted by Gasteiger charge is -2.26. The fourth-order valence-corrected chi connectivity index (χ4v) is 2.36. The highest BCUT2D eigenvalue weighted by Gasteiger charge is 2.21. The zero-order chi connectivity index (χ0) is 19.7. The van der Waals surface area contributed by atoms with Gasteiger partial charge in [-0.05, 0) is 43.0 Å².